The van der Waals surface area contributed by atoms with Gasteiger partial charge >= 0.3 is 0 Å². The van der Waals surface area contributed by atoms with Crippen LogP contribution in [0.5, 0.6) is 5.75 Å². The molecule has 1 aromatic rings. The average molecular weight is 238 g/mol. The van der Waals surface area contributed by atoms with Crippen LogP contribution in [0.25, 0.3) is 0 Å². The zero-order chi connectivity index (χ0) is 12.5. The summed E-state index contributed by atoms with van der Waals surface area (Å²) in [6.07, 6.45) is 2.76. The molecule has 4 heteroatoms. The Morgan fingerprint density at radius 1 is 1.35 bits per heavy atom. The molecule has 1 unspecified atom stereocenters. The lowest BCUT2D eigenvalue weighted by molar-refractivity contribution is 0.146. The van der Waals surface area contributed by atoms with Crippen LogP contribution in [0.2, 0.25) is 0 Å². The molecule has 1 N–H and O–H groups in total. The highest BCUT2D eigenvalue weighted by atomic mass is 16.5. The monoisotopic (exact) mass is 238 g/mol. The third-order valence-corrected chi connectivity index (χ3v) is 2.60. The Kier molecular flexibility index (Phi) is 6.58. The quantitative estimate of drug-likeness (QED) is 0.705. The lowest BCUT2D eigenvalue weighted by Crippen LogP contribution is -2.25. The van der Waals surface area contributed by atoms with Crippen molar-refractivity contribution in [3.8, 4) is 5.75 Å². The predicted molar refractivity (Wildman–Crippen MR) is 68.3 cm³/mol. The van der Waals surface area contributed by atoms with Gasteiger partial charge in [-0.25, -0.2) is 0 Å². The molecule has 4 nitrogen and oxygen atoms in total. The van der Waals surface area contributed by atoms with Crippen molar-refractivity contribution in [1.82, 2.24) is 10.3 Å². The summed E-state index contributed by atoms with van der Waals surface area (Å²) in [6, 6.07) is 4.22. The Morgan fingerprint density at radius 3 is 2.71 bits per heavy atom. The van der Waals surface area contributed by atoms with E-state index in [1.165, 1.54) is 0 Å². The lowest BCUT2D eigenvalue weighted by Gasteiger charge is -2.16. The van der Waals surface area contributed by atoms with Crippen molar-refractivity contribution in [2.75, 3.05) is 26.9 Å². The summed E-state index contributed by atoms with van der Waals surface area (Å²) in [7, 11) is 1.65. The molecule has 0 saturated heterocycles. The summed E-state index contributed by atoms with van der Waals surface area (Å²) in [4.78, 5) is 4.39. The maximum Gasteiger partial charge on any atom is 0.137 e. The first-order chi connectivity index (χ1) is 8.31. The van der Waals surface area contributed by atoms with Crippen molar-refractivity contribution in [2.24, 2.45) is 0 Å². The summed E-state index contributed by atoms with van der Waals surface area (Å²) in [5.41, 5.74) is 1.05. The van der Waals surface area contributed by atoms with Gasteiger partial charge in [0.05, 0.1) is 25.6 Å². The van der Waals surface area contributed by atoms with Gasteiger partial charge in [0.1, 0.15) is 5.75 Å². The number of rotatable bonds is 8. The minimum Gasteiger partial charge on any atom is -0.495 e. The van der Waals surface area contributed by atoms with Crippen LogP contribution >= 0.6 is 0 Å². The van der Waals surface area contributed by atoms with Gasteiger partial charge in [0.25, 0.3) is 0 Å². The first kappa shape index (κ1) is 13.9. The van der Waals surface area contributed by atoms with Crippen LogP contribution in [0, 0.1) is 0 Å². The van der Waals surface area contributed by atoms with Gasteiger partial charge in [-0.15, -0.1) is 0 Å². The highest BCUT2D eigenvalue weighted by molar-refractivity contribution is 5.21. The van der Waals surface area contributed by atoms with E-state index >= 15 is 0 Å². The highest BCUT2D eigenvalue weighted by Gasteiger charge is 2.09. The van der Waals surface area contributed by atoms with Crippen molar-refractivity contribution >= 4 is 0 Å². The molecule has 1 aromatic heterocycles. The van der Waals surface area contributed by atoms with E-state index in [-0.39, 0.29) is 6.04 Å². The number of nitrogens with one attached hydrogen (secondary N) is 1. The molecule has 0 amide bonds. The Balaban J connectivity index is 2.47. The van der Waals surface area contributed by atoms with Gasteiger partial charge in [-0.1, -0.05) is 6.92 Å². The maximum absolute atomic E-state index is 5.30. The average Bonchev–Trinajstić information content (AvgIpc) is 2.39. The minimum atomic E-state index is 0.279. The molecule has 1 atom stereocenters. The number of ether oxygens (including phenoxy) is 2. The second kappa shape index (κ2) is 8.03. The molecule has 1 heterocycles. The van der Waals surface area contributed by atoms with Crippen LogP contribution < -0.4 is 10.1 Å². The van der Waals surface area contributed by atoms with Crippen molar-refractivity contribution in [2.45, 2.75) is 26.3 Å². The number of methoxy groups -OCH3 is 1. The van der Waals surface area contributed by atoms with Crippen LogP contribution in [0.1, 0.15) is 32.0 Å². The molecule has 0 aliphatic rings. The number of pyridine rings is 1. The molecular weight excluding hydrogens is 216 g/mol. The van der Waals surface area contributed by atoms with Gasteiger partial charge in [0, 0.05) is 19.2 Å². The third kappa shape index (κ3) is 4.71. The Bertz CT molecular complexity index is 301. The molecule has 0 bridgehead atoms. The van der Waals surface area contributed by atoms with Gasteiger partial charge in [0.2, 0.25) is 0 Å². The van der Waals surface area contributed by atoms with Crippen LogP contribution in [-0.2, 0) is 4.74 Å². The molecule has 0 aliphatic heterocycles. The lowest BCUT2D eigenvalue weighted by atomic mass is 10.1. The summed E-state index contributed by atoms with van der Waals surface area (Å²) in [6.45, 7) is 6.50. The molecule has 0 spiro atoms. The number of nitrogens with zero attached hydrogens (tertiary/aromatic N) is 1. The van der Waals surface area contributed by atoms with Crippen molar-refractivity contribution in [3.63, 3.8) is 0 Å². The Morgan fingerprint density at radius 2 is 2.18 bits per heavy atom. The van der Waals surface area contributed by atoms with Gasteiger partial charge in [-0.2, -0.15) is 0 Å². The molecule has 0 saturated carbocycles. The summed E-state index contributed by atoms with van der Waals surface area (Å²) in [5.74, 6) is 0.790. The Hall–Kier alpha value is -1.13. The zero-order valence-electron chi connectivity index (χ0n) is 10.9. The van der Waals surface area contributed by atoms with Gasteiger partial charge in [0.15, 0.2) is 0 Å². The molecule has 0 radical (unpaired) electrons. The van der Waals surface area contributed by atoms with E-state index in [4.69, 9.17) is 9.47 Å². The second-order valence-corrected chi connectivity index (χ2v) is 3.73. The van der Waals surface area contributed by atoms with Gasteiger partial charge in [-0.3, -0.25) is 4.98 Å². The van der Waals surface area contributed by atoms with Crippen molar-refractivity contribution < 1.29 is 9.47 Å². The first-order valence-electron chi connectivity index (χ1n) is 6.12. The predicted octanol–water partition coefficient (Wildman–Crippen LogP) is 2.17. The Labute approximate surface area is 103 Å². The second-order valence-electron chi connectivity index (χ2n) is 3.73. The SMILES string of the molecule is CCOCCNC(CC)c1ccc(OC)cn1. The van der Waals surface area contributed by atoms with Crippen LogP contribution in [-0.4, -0.2) is 31.9 Å². The van der Waals surface area contributed by atoms with Crippen molar-refractivity contribution in [1.29, 1.82) is 0 Å². The standard InChI is InChI=1S/C13H22N2O2/c1-4-12(14-8-9-17-5-2)13-7-6-11(16-3)10-15-13/h6-7,10,12,14H,4-5,8-9H2,1-3H3. The van der Waals surface area contributed by atoms with Crippen LogP contribution in [0.4, 0.5) is 0 Å². The molecule has 0 aromatic carbocycles. The molecule has 0 aliphatic carbocycles. The third-order valence-electron chi connectivity index (χ3n) is 2.60. The molecule has 1 rings (SSSR count). The van der Waals surface area contributed by atoms with Gasteiger partial charge in [-0.05, 0) is 25.5 Å². The van der Waals surface area contributed by atoms with E-state index in [0.717, 1.165) is 37.6 Å². The fourth-order valence-corrected chi connectivity index (χ4v) is 1.63. The van der Waals surface area contributed by atoms with E-state index in [1.807, 2.05) is 19.1 Å². The first-order valence-corrected chi connectivity index (χ1v) is 6.12. The molecule has 0 fully saturated rings. The van der Waals surface area contributed by atoms with E-state index in [9.17, 15) is 0 Å². The molecular formula is C13H22N2O2. The number of hydrogen-bond donors (Lipinski definition) is 1. The normalized spacial score (nSPS) is 12.4. The van der Waals surface area contributed by atoms with Gasteiger partial charge < -0.3 is 14.8 Å². The fraction of sp³-hybridized carbons (Fsp3) is 0.615. The molecule has 96 valence electrons. The zero-order valence-corrected chi connectivity index (χ0v) is 10.9. The fourth-order valence-electron chi connectivity index (χ4n) is 1.63. The summed E-state index contributed by atoms with van der Waals surface area (Å²) < 4.78 is 10.4. The number of aromatic nitrogens is 1. The summed E-state index contributed by atoms with van der Waals surface area (Å²) >= 11 is 0. The van der Waals surface area contributed by atoms with E-state index in [2.05, 4.69) is 17.2 Å². The highest BCUT2D eigenvalue weighted by Crippen LogP contribution is 2.16. The van der Waals surface area contributed by atoms with Crippen molar-refractivity contribution in [3.05, 3.63) is 24.0 Å². The van der Waals surface area contributed by atoms with E-state index in [0.29, 0.717) is 0 Å². The van der Waals surface area contributed by atoms with Crippen LogP contribution in [0.15, 0.2) is 18.3 Å². The topological polar surface area (TPSA) is 43.4 Å². The van der Waals surface area contributed by atoms with Crippen LogP contribution in [0.3, 0.4) is 0 Å². The molecule has 17 heavy (non-hydrogen) atoms. The smallest absolute Gasteiger partial charge is 0.137 e. The minimum absolute atomic E-state index is 0.279. The van der Waals surface area contributed by atoms with E-state index < -0.39 is 0 Å². The number of hydrogen-bond acceptors (Lipinski definition) is 4. The maximum atomic E-state index is 5.30. The summed E-state index contributed by atoms with van der Waals surface area (Å²) in [5, 5.41) is 3.43. The van der Waals surface area contributed by atoms with E-state index in [1.54, 1.807) is 13.3 Å². The largest absolute Gasteiger partial charge is 0.495 e.